The lowest BCUT2D eigenvalue weighted by molar-refractivity contribution is -0.129. The van der Waals surface area contributed by atoms with Crippen LogP contribution in [0, 0.1) is 5.41 Å². The molecule has 8 heteroatoms. The Morgan fingerprint density at radius 2 is 1.66 bits per heavy atom. The Morgan fingerprint density at radius 1 is 1.00 bits per heavy atom. The van der Waals surface area contributed by atoms with Gasteiger partial charge in [-0.1, -0.05) is 45.0 Å². The van der Waals surface area contributed by atoms with Gasteiger partial charge in [0.05, 0.1) is 16.1 Å². The van der Waals surface area contributed by atoms with Crippen LogP contribution in [0.3, 0.4) is 0 Å². The third-order valence-corrected chi connectivity index (χ3v) is 5.48. The van der Waals surface area contributed by atoms with E-state index in [9.17, 15) is 22.8 Å². The predicted octanol–water partition coefficient (Wildman–Crippen LogP) is 3.46. The normalized spacial score (nSPS) is 11.6. The Morgan fingerprint density at radius 3 is 2.28 bits per heavy atom. The van der Waals surface area contributed by atoms with Crippen LogP contribution in [0.1, 0.15) is 48.4 Å². The number of esters is 1. The largest absolute Gasteiger partial charge is 0.454 e. The van der Waals surface area contributed by atoms with E-state index in [-0.39, 0.29) is 33.3 Å². The molecule has 0 saturated heterocycles. The highest BCUT2D eigenvalue weighted by Crippen LogP contribution is 2.22. The van der Waals surface area contributed by atoms with Gasteiger partial charge in [0.15, 0.2) is 18.2 Å². The summed E-state index contributed by atoms with van der Waals surface area (Å²) >= 11 is 0. The van der Waals surface area contributed by atoms with Crippen molar-refractivity contribution in [2.45, 2.75) is 32.6 Å². The average Bonchev–Trinajstić information content (AvgIpc) is 2.65. The Kier molecular flexibility index (Phi) is 6.58. The van der Waals surface area contributed by atoms with Crippen LogP contribution in [0.5, 0.6) is 0 Å². The lowest BCUT2D eigenvalue weighted by Gasteiger charge is -2.17. The van der Waals surface area contributed by atoms with E-state index in [0.29, 0.717) is 0 Å². The first-order valence-corrected chi connectivity index (χ1v) is 10.3. The zero-order valence-electron chi connectivity index (χ0n) is 16.7. The molecule has 1 N–H and O–H groups in total. The molecule has 0 heterocycles. The summed E-state index contributed by atoms with van der Waals surface area (Å²) in [7, 11) is -4.06. The van der Waals surface area contributed by atoms with Crippen LogP contribution in [-0.2, 0) is 19.6 Å². The number of para-hydroxylation sites is 1. The molecule has 0 aliphatic heterocycles. The molecule has 0 amide bonds. The maximum absolute atomic E-state index is 12.7. The van der Waals surface area contributed by atoms with Gasteiger partial charge >= 0.3 is 5.97 Å². The summed E-state index contributed by atoms with van der Waals surface area (Å²) in [6, 6.07) is 11.5. The molecule has 2 rings (SSSR count). The molecule has 29 heavy (non-hydrogen) atoms. The number of carbonyl (C=O) groups is 3. The SMILES string of the molecule is CC(=O)c1cccc(S(=O)(=O)Nc2ccccc2C(=O)OCC(=O)C(C)(C)C)c1. The maximum Gasteiger partial charge on any atom is 0.340 e. The van der Waals surface area contributed by atoms with Crippen LogP contribution < -0.4 is 4.72 Å². The molecule has 0 spiro atoms. The molecule has 0 bridgehead atoms. The third-order valence-electron chi connectivity index (χ3n) is 4.11. The second-order valence-corrected chi connectivity index (χ2v) is 9.17. The molecule has 0 radical (unpaired) electrons. The van der Waals surface area contributed by atoms with E-state index in [1.54, 1.807) is 32.9 Å². The van der Waals surface area contributed by atoms with Crippen LogP contribution in [0.15, 0.2) is 53.4 Å². The number of benzene rings is 2. The summed E-state index contributed by atoms with van der Waals surface area (Å²) in [5, 5.41) is 0. The van der Waals surface area contributed by atoms with Crippen molar-refractivity contribution in [1.82, 2.24) is 0 Å². The minimum atomic E-state index is -4.06. The van der Waals surface area contributed by atoms with Gasteiger partial charge in [-0.3, -0.25) is 14.3 Å². The highest BCUT2D eigenvalue weighted by atomic mass is 32.2. The molecule has 154 valence electrons. The minimum absolute atomic E-state index is 0.00827. The number of Topliss-reactive ketones (excluding diaryl/α,β-unsaturated/α-hetero) is 2. The highest BCUT2D eigenvalue weighted by molar-refractivity contribution is 7.92. The summed E-state index contributed by atoms with van der Waals surface area (Å²) in [5.41, 5.74) is -0.431. The summed E-state index contributed by atoms with van der Waals surface area (Å²) < 4.78 is 32.8. The number of rotatable bonds is 7. The number of hydrogen-bond acceptors (Lipinski definition) is 6. The van der Waals surface area contributed by atoms with Crippen molar-refractivity contribution in [3.05, 3.63) is 59.7 Å². The van der Waals surface area contributed by atoms with Gasteiger partial charge in [-0.25, -0.2) is 13.2 Å². The van der Waals surface area contributed by atoms with Gasteiger partial charge < -0.3 is 4.74 Å². The smallest absolute Gasteiger partial charge is 0.340 e. The highest BCUT2D eigenvalue weighted by Gasteiger charge is 2.24. The van der Waals surface area contributed by atoms with E-state index in [4.69, 9.17) is 4.74 Å². The van der Waals surface area contributed by atoms with Crippen LogP contribution in [0.2, 0.25) is 0 Å². The van der Waals surface area contributed by atoms with Gasteiger partial charge in [0, 0.05) is 11.0 Å². The van der Waals surface area contributed by atoms with Crippen molar-refractivity contribution in [2.75, 3.05) is 11.3 Å². The van der Waals surface area contributed by atoms with Gasteiger partial charge in [-0.2, -0.15) is 0 Å². The lowest BCUT2D eigenvalue weighted by atomic mass is 9.91. The molecule has 0 atom stereocenters. The van der Waals surface area contributed by atoms with E-state index >= 15 is 0 Å². The number of ketones is 2. The molecule has 7 nitrogen and oxygen atoms in total. The standard InChI is InChI=1S/C21H23NO6S/c1-14(23)15-8-7-9-16(12-15)29(26,27)22-18-11-6-5-10-17(18)20(25)28-13-19(24)21(2,3)4/h5-12,22H,13H2,1-4H3. The summed E-state index contributed by atoms with van der Waals surface area (Å²) in [6.07, 6.45) is 0. The predicted molar refractivity (Wildman–Crippen MR) is 108 cm³/mol. The molecule has 2 aromatic rings. The van der Waals surface area contributed by atoms with E-state index in [1.165, 1.54) is 43.3 Å². The van der Waals surface area contributed by atoms with Crippen molar-refractivity contribution >= 4 is 33.2 Å². The van der Waals surface area contributed by atoms with Crippen LogP contribution in [-0.4, -0.2) is 32.6 Å². The zero-order chi connectivity index (χ0) is 21.8. The number of anilines is 1. The van der Waals surface area contributed by atoms with Crippen molar-refractivity contribution in [3.8, 4) is 0 Å². The van der Waals surface area contributed by atoms with Crippen molar-refractivity contribution < 1.29 is 27.5 Å². The zero-order valence-corrected chi connectivity index (χ0v) is 17.5. The maximum atomic E-state index is 12.7. The van der Waals surface area contributed by atoms with Crippen molar-refractivity contribution in [2.24, 2.45) is 5.41 Å². The fourth-order valence-electron chi connectivity index (χ4n) is 2.26. The molecule has 0 saturated carbocycles. The number of ether oxygens (including phenoxy) is 1. The van der Waals surface area contributed by atoms with E-state index in [0.717, 1.165) is 0 Å². The minimum Gasteiger partial charge on any atom is -0.454 e. The first kappa shape index (κ1) is 22.3. The van der Waals surface area contributed by atoms with Gasteiger partial charge in [0.25, 0.3) is 10.0 Å². The monoisotopic (exact) mass is 417 g/mol. The van der Waals surface area contributed by atoms with Gasteiger partial charge in [0.2, 0.25) is 0 Å². The van der Waals surface area contributed by atoms with Crippen molar-refractivity contribution in [1.29, 1.82) is 0 Å². The quantitative estimate of drug-likeness (QED) is 0.546. The van der Waals surface area contributed by atoms with Gasteiger partial charge in [-0.15, -0.1) is 0 Å². The fraction of sp³-hybridized carbons (Fsp3) is 0.286. The Balaban J connectivity index is 2.26. The molecular formula is C21H23NO6S. The average molecular weight is 417 g/mol. The molecular weight excluding hydrogens is 394 g/mol. The topological polar surface area (TPSA) is 107 Å². The molecule has 2 aromatic carbocycles. The first-order valence-electron chi connectivity index (χ1n) is 8.85. The molecule has 0 aliphatic rings. The molecule has 0 fully saturated rings. The van der Waals surface area contributed by atoms with Crippen LogP contribution >= 0.6 is 0 Å². The number of hydrogen-bond donors (Lipinski definition) is 1. The molecule has 0 unspecified atom stereocenters. The van der Waals surface area contributed by atoms with Crippen LogP contribution in [0.4, 0.5) is 5.69 Å². The van der Waals surface area contributed by atoms with E-state index < -0.39 is 28.0 Å². The Labute approximate surface area is 170 Å². The van der Waals surface area contributed by atoms with E-state index in [2.05, 4.69) is 4.72 Å². The van der Waals surface area contributed by atoms with Crippen LogP contribution in [0.25, 0.3) is 0 Å². The Hall–Kier alpha value is -3.00. The second kappa shape index (κ2) is 8.57. The fourth-order valence-corrected chi connectivity index (χ4v) is 3.39. The molecule has 0 aromatic heterocycles. The molecule has 0 aliphatic carbocycles. The summed E-state index contributed by atoms with van der Waals surface area (Å²) in [5.74, 6) is -1.35. The summed E-state index contributed by atoms with van der Waals surface area (Å²) in [4.78, 5) is 35.8. The Bertz CT molecular complexity index is 1050. The number of nitrogens with one attached hydrogen (secondary N) is 1. The first-order chi connectivity index (χ1) is 13.4. The van der Waals surface area contributed by atoms with Gasteiger partial charge in [0.1, 0.15) is 0 Å². The second-order valence-electron chi connectivity index (χ2n) is 7.48. The van der Waals surface area contributed by atoms with E-state index in [1.807, 2.05) is 0 Å². The number of sulfonamides is 1. The van der Waals surface area contributed by atoms with Crippen molar-refractivity contribution in [3.63, 3.8) is 0 Å². The lowest BCUT2D eigenvalue weighted by Crippen LogP contribution is -2.26. The van der Waals surface area contributed by atoms with Gasteiger partial charge in [-0.05, 0) is 31.2 Å². The summed E-state index contributed by atoms with van der Waals surface area (Å²) in [6.45, 7) is 6.05. The number of carbonyl (C=O) groups excluding carboxylic acids is 3. The third kappa shape index (κ3) is 5.74.